The first-order valence-electron chi connectivity index (χ1n) is 7.52. The van der Waals surface area contributed by atoms with E-state index in [2.05, 4.69) is 45.2 Å². The fraction of sp³-hybridized carbons (Fsp3) is 0.333. The van der Waals surface area contributed by atoms with Crippen LogP contribution in [0.4, 0.5) is 0 Å². The predicted molar refractivity (Wildman–Crippen MR) is 93.6 cm³/mol. The van der Waals surface area contributed by atoms with Crippen molar-refractivity contribution in [3.05, 3.63) is 57.6 Å². The van der Waals surface area contributed by atoms with Gasteiger partial charge in [0.15, 0.2) is 11.5 Å². The average Bonchev–Trinajstić information content (AvgIpc) is 2.71. The lowest BCUT2D eigenvalue weighted by atomic mass is 9.92. The molecule has 23 heavy (non-hydrogen) atoms. The molecule has 0 amide bonds. The Morgan fingerprint density at radius 2 is 1.78 bits per heavy atom. The number of benzene rings is 2. The van der Waals surface area contributed by atoms with E-state index < -0.39 is 0 Å². The van der Waals surface area contributed by atoms with Crippen molar-refractivity contribution >= 4 is 15.9 Å². The largest absolute Gasteiger partial charge is 0.493 e. The topological polar surface area (TPSA) is 43.2 Å². The number of azo groups is 1. The molecule has 0 saturated heterocycles. The number of ether oxygens (including phenoxy) is 2. The number of hydrogen-bond acceptors (Lipinski definition) is 4. The second kappa shape index (κ2) is 6.71. The van der Waals surface area contributed by atoms with Gasteiger partial charge >= 0.3 is 0 Å². The molecule has 120 valence electrons. The first-order valence-corrected chi connectivity index (χ1v) is 8.32. The maximum Gasteiger partial charge on any atom is 0.161 e. The third-order valence-electron chi connectivity index (χ3n) is 4.00. The number of halogens is 1. The summed E-state index contributed by atoms with van der Waals surface area (Å²) in [5, 5.41) is 9.06. The van der Waals surface area contributed by atoms with Gasteiger partial charge in [0.05, 0.1) is 20.3 Å². The highest BCUT2D eigenvalue weighted by molar-refractivity contribution is 9.10. The molecule has 4 nitrogen and oxygen atoms in total. The Morgan fingerprint density at radius 3 is 2.48 bits per heavy atom. The van der Waals surface area contributed by atoms with Gasteiger partial charge < -0.3 is 9.47 Å². The number of nitrogens with zero attached hydrogens (tertiary/aromatic N) is 2. The quantitative estimate of drug-likeness (QED) is 0.762. The summed E-state index contributed by atoms with van der Waals surface area (Å²) < 4.78 is 11.9. The molecule has 0 radical (unpaired) electrons. The zero-order valence-electron chi connectivity index (χ0n) is 13.4. The molecule has 2 atom stereocenters. The van der Waals surface area contributed by atoms with E-state index in [0.29, 0.717) is 0 Å². The van der Waals surface area contributed by atoms with Gasteiger partial charge in [-0.05, 0) is 54.3 Å². The molecule has 2 aromatic carbocycles. The second-order valence-corrected chi connectivity index (χ2v) is 6.56. The number of rotatable bonds is 3. The molecule has 0 spiro atoms. The second-order valence-electron chi connectivity index (χ2n) is 5.65. The summed E-state index contributed by atoms with van der Waals surface area (Å²) in [6.45, 7) is 2.08. The number of fused-ring (bicyclic) bond motifs is 1. The van der Waals surface area contributed by atoms with Gasteiger partial charge in [0, 0.05) is 4.47 Å². The van der Waals surface area contributed by atoms with Crippen molar-refractivity contribution in [2.75, 3.05) is 14.2 Å². The van der Waals surface area contributed by atoms with Crippen LogP contribution in [0.5, 0.6) is 11.5 Å². The minimum atomic E-state index is -0.132. The van der Waals surface area contributed by atoms with E-state index in [4.69, 9.17) is 9.47 Å². The molecule has 0 N–H and O–H groups in total. The third-order valence-corrected chi connectivity index (χ3v) is 4.49. The molecule has 0 fully saturated rings. The van der Waals surface area contributed by atoms with Crippen LogP contribution in [0.1, 0.15) is 29.7 Å². The summed E-state index contributed by atoms with van der Waals surface area (Å²) in [5.74, 6) is 1.46. The van der Waals surface area contributed by atoms with E-state index in [1.807, 2.05) is 24.3 Å². The molecule has 1 aliphatic heterocycles. The van der Waals surface area contributed by atoms with Crippen molar-refractivity contribution in [1.82, 2.24) is 0 Å². The smallest absolute Gasteiger partial charge is 0.161 e. The Kier molecular flexibility index (Phi) is 4.66. The van der Waals surface area contributed by atoms with Gasteiger partial charge in [-0.3, -0.25) is 0 Å². The highest BCUT2D eigenvalue weighted by Crippen LogP contribution is 2.39. The Morgan fingerprint density at radius 1 is 1.04 bits per heavy atom. The summed E-state index contributed by atoms with van der Waals surface area (Å²) in [5.41, 5.74) is 3.42. The van der Waals surface area contributed by atoms with Crippen LogP contribution >= 0.6 is 15.9 Å². The zero-order chi connectivity index (χ0) is 16.4. The molecular formula is C18H19BrN2O2. The maximum absolute atomic E-state index is 5.47. The van der Waals surface area contributed by atoms with E-state index >= 15 is 0 Å². The molecule has 0 aromatic heterocycles. The van der Waals surface area contributed by atoms with E-state index in [1.165, 1.54) is 5.56 Å². The van der Waals surface area contributed by atoms with Crippen molar-refractivity contribution < 1.29 is 9.47 Å². The Bertz CT molecular complexity index is 746. The van der Waals surface area contributed by atoms with Crippen molar-refractivity contribution in [3.8, 4) is 11.5 Å². The van der Waals surface area contributed by atoms with Crippen molar-refractivity contribution in [2.24, 2.45) is 10.2 Å². The first kappa shape index (κ1) is 16.0. The Balaban J connectivity index is 2.17. The lowest BCUT2D eigenvalue weighted by molar-refractivity contribution is 0.354. The Hall–Kier alpha value is -1.88. The maximum atomic E-state index is 5.47. The highest BCUT2D eigenvalue weighted by Gasteiger charge is 2.24. The van der Waals surface area contributed by atoms with Crippen LogP contribution in [-0.4, -0.2) is 20.3 Å². The van der Waals surface area contributed by atoms with E-state index in [-0.39, 0.29) is 12.1 Å². The monoisotopic (exact) mass is 374 g/mol. The molecule has 0 bridgehead atoms. The predicted octanol–water partition coefficient (Wildman–Crippen LogP) is 4.95. The molecule has 5 heteroatoms. The van der Waals surface area contributed by atoms with Crippen LogP contribution in [0.25, 0.3) is 0 Å². The van der Waals surface area contributed by atoms with Gasteiger partial charge in [0.2, 0.25) is 0 Å². The van der Waals surface area contributed by atoms with Crippen LogP contribution in [0.3, 0.4) is 0 Å². The fourth-order valence-corrected chi connectivity index (χ4v) is 3.31. The fourth-order valence-electron chi connectivity index (χ4n) is 2.89. The van der Waals surface area contributed by atoms with Crippen molar-refractivity contribution in [3.63, 3.8) is 0 Å². The number of methoxy groups -OCH3 is 2. The molecule has 3 rings (SSSR count). The van der Waals surface area contributed by atoms with Gasteiger partial charge in [-0.25, -0.2) is 0 Å². The molecular weight excluding hydrogens is 356 g/mol. The zero-order valence-corrected chi connectivity index (χ0v) is 15.0. The van der Waals surface area contributed by atoms with Crippen LogP contribution in [0, 0.1) is 0 Å². The average molecular weight is 375 g/mol. The summed E-state index contributed by atoms with van der Waals surface area (Å²) in [6.07, 6.45) is 0.837. The Labute approximate surface area is 144 Å². The first-order chi connectivity index (χ1) is 11.1. The minimum absolute atomic E-state index is 0.132. The van der Waals surface area contributed by atoms with Crippen LogP contribution in [-0.2, 0) is 6.42 Å². The lowest BCUT2D eigenvalue weighted by Gasteiger charge is -2.18. The highest BCUT2D eigenvalue weighted by atomic mass is 79.9. The van der Waals surface area contributed by atoms with E-state index in [0.717, 1.165) is 33.5 Å². The van der Waals surface area contributed by atoms with Crippen molar-refractivity contribution in [1.29, 1.82) is 0 Å². The summed E-state index contributed by atoms with van der Waals surface area (Å²) >= 11 is 3.53. The normalized spacial score (nSPS) is 19.8. The van der Waals surface area contributed by atoms with Gasteiger partial charge in [0.25, 0.3) is 0 Å². The molecule has 1 heterocycles. The van der Waals surface area contributed by atoms with Gasteiger partial charge in [-0.15, -0.1) is 0 Å². The molecule has 0 aliphatic carbocycles. The van der Waals surface area contributed by atoms with Crippen LogP contribution in [0.2, 0.25) is 0 Å². The van der Waals surface area contributed by atoms with Gasteiger partial charge in [0.1, 0.15) is 6.04 Å². The molecule has 2 unspecified atom stereocenters. The van der Waals surface area contributed by atoms with Gasteiger partial charge in [-0.1, -0.05) is 28.1 Å². The molecule has 1 aliphatic rings. The minimum Gasteiger partial charge on any atom is -0.493 e. The lowest BCUT2D eigenvalue weighted by Crippen LogP contribution is -2.05. The standard InChI is InChI=1S/C18H19BrN2O2/c1-11-7-13-9-16(22-2)17(23-3)10-15(13)18(21-20-11)12-5-4-6-14(19)8-12/h4-6,8-11,18H,7H2,1-3H3. The number of hydrogen-bond donors (Lipinski definition) is 0. The third kappa shape index (κ3) is 3.24. The van der Waals surface area contributed by atoms with Gasteiger partial charge in [-0.2, -0.15) is 10.2 Å². The van der Waals surface area contributed by atoms with Crippen LogP contribution in [0.15, 0.2) is 51.1 Å². The molecule has 2 aromatic rings. The van der Waals surface area contributed by atoms with E-state index in [9.17, 15) is 0 Å². The van der Waals surface area contributed by atoms with E-state index in [1.54, 1.807) is 14.2 Å². The molecule has 0 saturated carbocycles. The van der Waals surface area contributed by atoms with Crippen LogP contribution < -0.4 is 9.47 Å². The summed E-state index contributed by atoms with van der Waals surface area (Å²) in [7, 11) is 3.31. The summed E-state index contributed by atoms with van der Waals surface area (Å²) in [6, 6.07) is 12.3. The summed E-state index contributed by atoms with van der Waals surface area (Å²) in [4.78, 5) is 0. The SMILES string of the molecule is COc1cc2c(cc1OC)C(c1cccc(Br)c1)N=NC(C)C2. The van der Waals surface area contributed by atoms with Crippen molar-refractivity contribution in [2.45, 2.75) is 25.4 Å².